The van der Waals surface area contributed by atoms with Crippen molar-refractivity contribution in [1.82, 2.24) is 9.78 Å². The van der Waals surface area contributed by atoms with Gasteiger partial charge in [0.2, 0.25) is 0 Å². The Hall–Kier alpha value is -1.29. The predicted octanol–water partition coefficient (Wildman–Crippen LogP) is 0.815. The Kier molecular flexibility index (Phi) is 0.962. The van der Waals surface area contributed by atoms with Crippen LogP contribution in [0.2, 0.25) is 0 Å². The van der Waals surface area contributed by atoms with E-state index in [-0.39, 0.29) is 6.04 Å². The van der Waals surface area contributed by atoms with E-state index in [2.05, 4.69) is 11.2 Å². The lowest BCUT2D eigenvalue weighted by Crippen LogP contribution is -2.28. The quantitative estimate of drug-likeness (QED) is 0.718. The first-order valence-corrected chi connectivity index (χ1v) is 5.99. The molecule has 0 radical (unpaired) electrons. The molecule has 3 atom stereocenters. The molecule has 3 saturated carbocycles. The average molecular weight is 215 g/mol. The van der Waals surface area contributed by atoms with Crippen LogP contribution in [0.15, 0.2) is 17.8 Å². The monoisotopic (exact) mass is 215 g/mol. The molecule has 0 spiro atoms. The van der Waals surface area contributed by atoms with Crippen molar-refractivity contribution in [2.24, 2.45) is 11.8 Å². The summed E-state index contributed by atoms with van der Waals surface area (Å²) in [5, 5.41) is 14.8. The van der Waals surface area contributed by atoms with Gasteiger partial charge in [0, 0.05) is 17.8 Å². The smallest absolute Gasteiger partial charge is 0.105 e. The first kappa shape index (κ1) is 7.90. The van der Waals surface area contributed by atoms with Gasteiger partial charge in [-0.05, 0) is 12.8 Å². The van der Waals surface area contributed by atoms with E-state index in [1.807, 2.05) is 4.68 Å². The number of nitrogens with zero attached hydrogens (tertiary/aromatic N) is 2. The Labute approximate surface area is 92.7 Å². The molecule has 82 valence electrons. The third-order valence-electron chi connectivity index (χ3n) is 4.75. The molecule has 4 heteroatoms. The predicted molar refractivity (Wildman–Crippen MR) is 57.7 cm³/mol. The molecular formula is C12H13N3O. The molecule has 5 aliphatic rings. The van der Waals surface area contributed by atoms with Gasteiger partial charge in [-0.25, -0.2) is 0 Å². The van der Waals surface area contributed by atoms with Gasteiger partial charge in [0.1, 0.15) is 11.6 Å². The Morgan fingerprint density at radius 1 is 1.44 bits per heavy atom. The van der Waals surface area contributed by atoms with Crippen LogP contribution in [-0.4, -0.2) is 20.5 Å². The van der Waals surface area contributed by atoms with Gasteiger partial charge in [-0.15, -0.1) is 0 Å². The second kappa shape index (κ2) is 1.95. The van der Waals surface area contributed by atoms with E-state index in [1.165, 1.54) is 18.4 Å². The van der Waals surface area contributed by atoms with Crippen LogP contribution in [-0.2, 0) is 0 Å². The lowest BCUT2D eigenvalue weighted by Gasteiger charge is -2.21. The van der Waals surface area contributed by atoms with E-state index < -0.39 is 5.60 Å². The maximum absolute atomic E-state index is 10.4. The fraction of sp³-hybridized carbons (Fsp3) is 0.583. The summed E-state index contributed by atoms with van der Waals surface area (Å²) >= 11 is 0. The number of aromatic nitrogens is 2. The number of aliphatic hydroxyl groups is 1. The zero-order valence-electron chi connectivity index (χ0n) is 8.80. The third kappa shape index (κ3) is 0.627. The largest absolute Gasteiger partial charge is 0.396 e. The minimum atomic E-state index is -0.489. The van der Waals surface area contributed by atoms with Crippen LogP contribution in [0.25, 0.3) is 0 Å². The summed E-state index contributed by atoms with van der Waals surface area (Å²) in [4.78, 5) is 0. The average Bonchev–Trinajstić information content (AvgIpc) is 3.19. The molecule has 0 aromatic carbocycles. The Morgan fingerprint density at radius 3 is 2.75 bits per heavy atom. The highest BCUT2D eigenvalue weighted by atomic mass is 16.3. The maximum atomic E-state index is 10.4. The molecule has 1 heterocycles. The number of anilines is 1. The molecule has 0 saturated heterocycles. The molecule has 1 aromatic heterocycles. The van der Waals surface area contributed by atoms with Crippen LogP contribution in [0.3, 0.4) is 0 Å². The molecule has 2 bridgehead atoms. The van der Waals surface area contributed by atoms with E-state index in [0.29, 0.717) is 17.8 Å². The second-order valence-electron chi connectivity index (χ2n) is 5.66. The van der Waals surface area contributed by atoms with Crippen molar-refractivity contribution in [3.8, 4) is 0 Å². The van der Waals surface area contributed by atoms with Gasteiger partial charge >= 0.3 is 0 Å². The van der Waals surface area contributed by atoms with Gasteiger partial charge < -0.3 is 10.8 Å². The summed E-state index contributed by atoms with van der Waals surface area (Å²) in [5.41, 5.74) is 8.88. The van der Waals surface area contributed by atoms with Crippen LogP contribution in [0.4, 0.5) is 5.69 Å². The SMILES string of the molecule is Nc1cnn(C2C=C3C4C3C42O)c1C1CC1. The zero-order valence-corrected chi connectivity index (χ0v) is 8.80. The van der Waals surface area contributed by atoms with Gasteiger partial charge in [-0.1, -0.05) is 11.6 Å². The van der Waals surface area contributed by atoms with Crippen LogP contribution in [0.5, 0.6) is 0 Å². The lowest BCUT2D eigenvalue weighted by atomic mass is 10.1. The molecule has 16 heavy (non-hydrogen) atoms. The molecule has 0 aliphatic heterocycles. The zero-order chi connectivity index (χ0) is 10.7. The van der Waals surface area contributed by atoms with Crippen molar-refractivity contribution in [3.63, 3.8) is 0 Å². The van der Waals surface area contributed by atoms with Gasteiger partial charge in [0.15, 0.2) is 0 Å². The molecule has 6 rings (SSSR count). The molecule has 4 nitrogen and oxygen atoms in total. The molecule has 3 unspecified atom stereocenters. The Bertz CT molecular complexity index is 543. The summed E-state index contributed by atoms with van der Waals surface area (Å²) in [6.07, 6.45) is 6.36. The minimum Gasteiger partial charge on any atom is -0.396 e. The normalized spacial score (nSPS) is 46.6. The summed E-state index contributed by atoms with van der Waals surface area (Å²) in [6, 6.07) is 0.0606. The molecule has 5 aliphatic carbocycles. The fourth-order valence-corrected chi connectivity index (χ4v) is 3.66. The highest BCUT2D eigenvalue weighted by Gasteiger charge is 2.87. The second-order valence-corrected chi connectivity index (χ2v) is 5.66. The van der Waals surface area contributed by atoms with E-state index in [1.54, 1.807) is 6.20 Å². The Balaban J connectivity index is 1.65. The van der Waals surface area contributed by atoms with E-state index >= 15 is 0 Å². The number of hydrogen-bond acceptors (Lipinski definition) is 3. The van der Waals surface area contributed by atoms with E-state index in [9.17, 15) is 5.11 Å². The maximum Gasteiger partial charge on any atom is 0.105 e. The number of hydrogen-bond donors (Lipinski definition) is 2. The molecular weight excluding hydrogens is 202 g/mol. The highest BCUT2D eigenvalue weighted by molar-refractivity contribution is 5.62. The fourth-order valence-electron chi connectivity index (χ4n) is 3.66. The Morgan fingerprint density at radius 2 is 2.19 bits per heavy atom. The van der Waals surface area contributed by atoms with Crippen molar-refractivity contribution in [1.29, 1.82) is 0 Å². The van der Waals surface area contributed by atoms with Gasteiger partial charge in [0.25, 0.3) is 0 Å². The van der Waals surface area contributed by atoms with Crippen molar-refractivity contribution in [2.75, 3.05) is 5.73 Å². The topological polar surface area (TPSA) is 64.1 Å². The van der Waals surface area contributed by atoms with Crippen LogP contribution < -0.4 is 5.73 Å². The number of rotatable bonds is 2. The van der Waals surface area contributed by atoms with Crippen molar-refractivity contribution in [3.05, 3.63) is 23.5 Å². The summed E-state index contributed by atoms with van der Waals surface area (Å²) in [7, 11) is 0. The van der Waals surface area contributed by atoms with Crippen molar-refractivity contribution < 1.29 is 5.11 Å². The molecule has 1 aromatic rings. The van der Waals surface area contributed by atoms with Crippen LogP contribution >= 0.6 is 0 Å². The summed E-state index contributed by atoms with van der Waals surface area (Å²) in [5.74, 6) is 1.52. The molecule has 3 N–H and O–H groups in total. The van der Waals surface area contributed by atoms with Crippen LogP contribution in [0, 0.1) is 11.8 Å². The van der Waals surface area contributed by atoms with Crippen LogP contribution in [0.1, 0.15) is 30.5 Å². The third-order valence-corrected chi connectivity index (χ3v) is 4.75. The van der Waals surface area contributed by atoms with Crippen molar-refractivity contribution in [2.45, 2.75) is 30.4 Å². The standard InChI is InChI=1S/C12H13N3O/c13-7-4-14-15(11(7)5-1-2-5)8-3-6-9-10(6)12(8,9)16/h3-5,8-10,16H,1-2,13H2. The van der Waals surface area contributed by atoms with Gasteiger partial charge in [-0.2, -0.15) is 5.10 Å². The molecule has 0 amide bonds. The minimum absolute atomic E-state index is 0.0606. The van der Waals surface area contributed by atoms with Gasteiger partial charge in [-0.3, -0.25) is 4.68 Å². The summed E-state index contributed by atoms with van der Waals surface area (Å²) < 4.78 is 1.99. The van der Waals surface area contributed by atoms with E-state index in [4.69, 9.17) is 5.73 Å². The van der Waals surface area contributed by atoms with Crippen molar-refractivity contribution >= 4 is 5.69 Å². The highest BCUT2D eigenvalue weighted by Crippen LogP contribution is 2.84. The van der Waals surface area contributed by atoms with Gasteiger partial charge in [0.05, 0.1) is 17.6 Å². The first-order chi connectivity index (χ1) is 7.73. The molecule has 3 fully saturated rings. The van der Waals surface area contributed by atoms with E-state index in [0.717, 1.165) is 11.4 Å². The first-order valence-electron chi connectivity index (χ1n) is 5.99. The number of nitrogens with two attached hydrogens (primary N) is 1. The number of nitrogen functional groups attached to an aromatic ring is 1. The summed E-state index contributed by atoms with van der Waals surface area (Å²) in [6.45, 7) is 0. The number of fused-ring (bicyclic) bond motifs is 1. The lowest BCUT2D eigenvalue weighted by molar-refractivity contribution is 0.0779.